The summed E-state index contributed by atoms with van der Waals surface area (Å²) in [7, 11) is 0. The Hall–Kier alpha value is 3.39. The van der Waals surface area contributed by atoms with E-state index in [2.05, 4.69) is 0 Å². The maximum absolute atomic E-state index is 8.34. The first-order valence-electron chi connectivity index (χ1n) is 0.204. The van der Waals surface area contributed by atoms with Gasteiger partial charge in [0.1, 0.15) is 0 Å². The number of hydrogen-bond acceptors (Lipinski definition) is 1. The molecule has 0 aliphatic rings. The minimum atomic E-state index is 0. The Morgan fingerprint density at radius 2 is 1.00 bits per heavy atom. The zero-order chi connectivity index (χ0) is 2.00. The first-order chi connectivity index (χ1) is 1.00. The molecule has 0 aliphatic carbocycles. The predicted molar refractivity (Wildman–Crippen MR) is 6.44 cm³/mol. The molecule has 0 heterocycles. The van der Waals surface area contributed by atoms with E-state index in [-0.39, 0.29) is 85.3 Å². The van der Waals surface area contributed by atoms with E-state index >= 15 is 0 Å². The molecule has 0 bridgehead atoms. The Morgan fingerprint density at radius 1 is 1.00 bits per heavy atom. The molecule has 6 heteroatoms. The third kappa shape index (κ3) is 26.3. The van der Waals surface area contributed by atoms with Crippen molar-refractivity contribution < 1.29 is 88.4 Å². The topological polar surface area (TPSA) is 17.1 Å². The first-order valence-corrected chi connectivity index (χ1v) is 1.37. The van der Waals surface area contributed by atoms with Crippen molar-refractivity contribution in [1.29, 1.82) is 0 Å². The third-order valence-electron chi connectivity index (χ3n) is 0. The van der Waals surface area contributed by atoms with Gasteiger partial charge in [-0.15, -0.1) is 0 Å². The van der Waals surface area contributed by atoms with E-state index in [1.165, 1.54) is 0 Å². The van der Waals surface area contributed by atoms with Crippen LogP contribution in [0.1, 0.15) is 0 Å². The smallest absolute Gasteiger partial charge is 0 e. The van der Waals surface area contributed by atoms with Gasteiger partial charge in [-0.3, -0.25) is 0 Å². The summed E-state index contributed by atoms with van der Waals surface area (Å²) in [6, 6.07) is 0. The van der Waals surface area contributed by atoms with Gasteiger partial charge in [-0.1, -0.05) is 0 Å². The first kappa shape index (κ1) is 34.3. The second-order valence-corrected chi connectivity index (χ2v) is 0. The molecule has 0 spiro atoms. The minimum Gasteiger partial charge on any atom is 0 e. The van der Waals surface area contributed by atoms with Crippen molar-refractivity contribution in [3.8, 4) is 0 Å². The van der Waals surface area contributed by atoms with Crippen molar-refractivity contribution in [2.45, 2.75) is 0 Å². The fourth-order valence-corrected chi connectivity index (χ4v) is 0. The van der Waals surface area contributed by atoms with Crippen LogP contribution < -0.4 is 0 Å². The monoisotopic (exact) mass is 403 g/mol. The summed E-state index contributed by atoms with van der Waals surface area (Å²) < 4.78 is 8.34. The Labute approximate surface area is 109 Å². The van der Waals surface area contributed by atoms with Gasteiger partial charge in [-0.05, 0) is 0 Å². The van der Waals surface area contributed by atoms with Crippen molar-refractivity contribution in [3.63, 3.8) is 0 Å². The van der Waals surface area contributed by atoms with Crippen LogP contribution in [-0.2, 0) is 88.4 Å². The van der Waals surface area contributed by atoms with Crippen molar-refractivity contribution in [3.05, 3.63) is 0 Å². The molecule has 31 valence electrons. The summed E-state index contributed by atoms with van der Waals surface area (Å²) in [6.07, 6.45) is 0. The molecule has 6 heavy (non-hydrogen) atoms. The molecule has 0 unspecified atom stereocenters. The zero-order valence-corrected chi connectivity index (χ0v) is 13.3. The summed E-state index contributed by atoms with van der Waals surface area (Å²) in [5.74, 6) is 0. The molecule has 0 fully saturated rings. The molecule has 0 aromatic rings. The normalized spacial score (nSPS) is 0.667. The van der Waals surface area contributed by atoms with E-state index in [0.29, 0.717) is 22.5 Å². The molecule has 0 aliphatic heterocycles. The third-order valence-corrected chi connectivity index (χ3v) is 0. The van der Waals surface area contributed by atoms with Crippen LogP contribution in [0.15, 0.2) is 0 Å². The summed E-state index contributed by atoms with van der Waals surface area (Å²) in [5.41, 5.74) is 0. The van der Waals surface area contributed by atoms with E-state index in [4.69, 9.17) is 3.08 Å². The second kappa shape index (κ2) is 39.9. The van der Waals surface area contributed by atoms with Gasteiger partial charge >= 0.3 is 25.6 Å². The molecular formula is AgOSnTi2Zn. The Bertz CT molecular complexity index is 13.5. The Morgan fingerprint density at radius 3 is 1.00 bits per heavy atom. The van der Waals surface area contributed by atoms with Gasteiger partial charge in [0.2, 0.25) is 0 Å². The van der Waals surface area contributed by atoms with Crippen molar-refractivity contribution in [1.82, 2.24) is 0 Å². The standard InChI is InChI=1S/Ag.O.Sn.2Ti.Zn. The zero-order valence-electron chi connectivity index (χ0n) is 2.92. The van der Waals surface area contributed by atoms with Crippen LogP contribution in [0, 0.1) is 0 Å². The van der Waals surface area contributed by atoms with Crippen molar-refractivity contribution in [2.24, 2.45) is 0 Å². The molecule has 0 aromatic heterocycles. The molecular weight excluding hydrogens is 404 g/mol. The SMILES string of the molecule is [Ag].[O]=[Sn].[Ti].[Ti].[Zn]. The van der Waals surface area contributed by atoms with Gasteiger partial charge in [0.05, 0.1) is 0 Å². The number of rotatable bonds is 0. The molecule has 0 rings (SSSR count). The Balaban J connectivity index is -0.000000000833. The average Bonchev–Trinajstić information content (AvgIpc) is 1.00. The van der Waals surface area contributed by atoms with E-state index in [0.717, 1.165) is 0 Å². The van der Waals surface area contributed by atoms with Gasteiger partial charge in [0, 0.05) is 85.3 Å². The van der Waals surface area contributed by atoms with Gasteiger partial charge < -0.3 is 0 Å². The quantitative estimate of drug-likeness (QED) is 0.498. The molecule has 0 aromatic carbocycles. The molecule has 0 N–H and O–H groups in total. The van der Waals surface area contributed by atoms with Crippen LogP contribution in [0.4, 0.5) is 0 Å². The van der Waals surface area contributed by atoms with Crippen LogP contribution in [0.2, 0.25) is 0 Å². The minimum absolute atomic E-state index is 0. The Kier molecular flexibility index (Phi) is 228. The predicted octanol–water partition coefficient (Wildman–Crippen LogP) is -0.510. The summed E-state index contributed by atoms with van der Waals surface area (Å²) in [4.78, 5) is 0. The fraction of sp³-hybridized carbons (Fsp3) is 0. The van der Waals surface area contributed by atoms with Crippen LogP contribution in [0.5, 0.6) is 0 Å². The van der Waals surface area contributed by atoms with Crippen LogP contribution in [-0.4, -0.2) is 22.5 Å². The van der Waals surface area contributed by atoms with Crippen LogP contribution >= 0.6 is 0 Å². The van der Waals surface area contributed by atoms with E-state index in [1.54, 1.807) is 0 Å². The second-order valence-electron chi connectivity index (χ2n) is 0. The van der Waals surface area contributed by atoms with Gasteiger partial charge in [0.15, 0.2) is 0 Å². The average molecular weight is 404 g/mol. The summed E-state index contributed by atoms with van der Waals surface area (Å²) >= 11 is 0.300. The van der Waals surface area contributed by atoms with Crippen molar-refractivity contribution in [2.75, 3.05) is 0 Å². The summed E-state index contributed by atoms with van der Waals surface area (Å²) in [6.45, 7) is 0. The van der Waals surface area contributed by atoms with Gasteiger partial charge in [0.25, 0.3) is 0 Å². The molecule has 0 amide bonds. The maximum Gasteiger partial charge on any atom is 0 e. The van der Waals surface area contributed by atoms with Gasteiger partial charge in [-0.25, -0.2) is 0 Å². The van der Waals surface area contributed by atoms with Crippen LogP contribution in [0.3, 0.4) is 0 Å². The summed E-state index contributed by atoms with van der Waals surface area (Å²) in [5, 5.41) is 0. The maximum atomic E-state index is 8.34. The van der Waals surface area contributed by atoms with E-state index in [1.807, 2.05) is 0 Å². The fourth-order valence-electron chi connectivity index (χ4n) is 0. The van der Waals surface area contributed by atoms with Crippen LogP contribution in [0.25, 0.3) is 0 Å². The molecule has 0 saturated carbocycles. The molecule has 3 radical (unpaired) electrons. The van der Waals surface area contributed by atoms with E-state index in [9.17, 15) is 0 Å². The number of hydrogen-bond donors (Lipinski definition) is 0. The van der Waals surface area contributed by atoms with E-state index < -0.39 is 0 Å². The van der Waals surface area contributed by atoms with Crippen molar-refractivity contribution >= 4 is 22.5 Å². The van der Waals surface area contributed by atoms with Gasteiger partial charge in [-0.2, -0.15) is 0 Å². The largest absolute Gasteiger partial charge is 0 e. The molecule has 0 saturated heterocycles. The molecule has 1 nitrogen and oxygen atoms in total. The molecule has 0 atom stereocenters.